The molecule has 1 aliphatic heterocycles. The third kappa shape index (κ3) is 4.92. The first-order valence-electron chi connectivity index (χ1n) is 11.0. The number of thioether (sulfide) groups is 1. The van der Waals surface area contributed by atoms with Crippen LogP contribution in [0.3, 0.4) is 0 Å². The van der Waals surface area contributed by atoms with Crippen LogP contribution in [0.15, 0.2) is 18.2 Å². The lowest BCUT2D eigenvalue weighted by molar-refractivity contribution is -0.146. The Balaban J connectivity index is 1.89. The lowest BCUT2D eigenvalue weighted by Gasteiger charge is -2.27. The van der Waals surface area contributed by atoms with Crippen LogP contribution in [0.2, 0.25) is 0 Å². The SMILES string of the molecule is COc1ccc(C(C)(C)C)cc1NC(=O)[C@H](CCSC)N1C(=O)[C@H]2CCCC[C@H]2C1=O. The van der Waals surface area contributed by atoms with Crippen LogP contribution >= 0.6 is 11.8 Å². The van der Waals surface area contributed by atoms with Crippen molar-refractivity contribution < 1.29 is 19.1 Å². The number of carbonyl (C=O) groups is 3. The maximum absolute atomic E-state index is 13.4. The Hall–Kier alpha value is -2.02. The molecule has 31 heavy (non-hydrogen) atoms. The van der Waals surface area contributed by atoms with Crippen molar-refractivity contribution in [2.45, 2.75) is 64.3 Å². The van der Waals surface area contributed by atoms with Crippen LogP contribution in [0.5, 0.6) is 5.75 Å². The lowest BCUT2D eigenvalue weighted by atomic mass is 9.81. The summed E-state index contributed by atoms with van der Waals surface area (Å²) in [5.41, 5.74) is 1.52. The van der Waals surface area contributed by atoms with E-state index >= 15 is 0 Å². The van der Waals surface area contributed by atoms with Crippen molar-refractivity contribution in [1.29, 1.82) is 0 Å². The molecule has 2 aliphatic rings. The highest BCUT2D eigenvalue weighted by molar-refractivity contribution is 7.98. The highest BCUT2D eigenvalue weighted by atomic mass is 32.2. The van der Waals surface area contributed by atoms with Crippen molar-refractivity contribution in [1.82, 2.24) is 4.90 Å². The molecule has 1 saturated carbocycles. The van der Waals surface area contributed by atoms with E-state index in [1.54, 1.807) is 18.9 Å². The number of nitrogens with one attached hydrogen (secondary N) is 1. The van der Waals surface area contributed by atoms with Crippen molar-refractivity contribution in [3.63, 3.8) is 0 Å². The third-order valence-electron chi connectivity index (χ3n) is 6.41. The molecule has 0 spiro atoms. The minimum Gasteiger partial charge on any atom is -0.495 e. The number of hydrogen-bond acceptors (Lipinski definition) is 5. The van der Waals surface area contributed by atoms with Gasteiger partial charge in [-0.1, -0.05) is 39.7 Å². The summed E-state index contributed by atoms with van der Waals surface area (Å²) in [5.74, 6) is 0.0345. The van der Waals surface area contributed by atoms with Gasteiger partial charge in [-0.2, -0.15) is 11.8 Å². The molecule has 1 aromatic carbocycles. The van der Waals surface area contributed by atoms with E-state index in [0.717, 1.165) is 31.2 Å². The fourth-order valence-electron chi connectivity index (χ4n) is 4.59. The Morgan fingerprint density at radius 1 is 1.19 bits per heavy atom. The van der Waals surface area contributed by atoms with E-state index in [4.69, 9.17) is 4.74 Å². The Morgan fingerprint density at radius 2 is 1.81 bits per heavy atom. The first-order chi connectivity index (χ1) is 14.7. The molecule has 1 heterocycles. The highest BCUT2D eigenvalue weighted by Crippen LogP contribution is 2.40. The topological polar surface area (TPSA) is 75.7 Å². The Morgan fingerprint density at radius 3 is 2.32 bits per heavy atom. The number of anilines is 1. The first-order valence-corrected chi connectivity index (χ1v) is 12.4. The van der Waals surface area contributed by atoms with Gasteiger partial charge in [-0.05, 0) is 54.4 Å². The minimum absolute atomic E-state index is 0.0966. The normalized spacial score (nSPS) is 22.3. The molecule has 2 fully saturated rings. The Bertz CT molecular complexity index is 824. The molecule has 6 nitrogen and oxygen atoms in total. The maximum Gasteiger partial charge on any atom is 0.247 e. The van der Waals surface area contributed by atoms with E-state index in [1.165, 1.54) is 4.90 Å². The zero-order valence-corrected chi connectivity index (χ0v) is 20.0. The second kappa shape index (κ2) is 9.63. The van der Waals surface area contributed by atoms with Crippen LogP contribution in [0.25, 0.3) is 0 Å². The van der Waals surface area contributed by atoms with Crippen LogP contribution in [0, 0.1) is 11.8 Å². The number of nitrogens with zero attached hydrogens (tertiary/aromatic N) is 1. The van der Waals surface area contributed by atoms with Crippen molar-refractivity contribution in [3.05, 3.63) is 23.8 Å². The molecule has 3 rings (SSSR count). The van der Waals surface area contributed by atoms with Gasteiger partial charge in [0.05, 0.1) is 24.6 Å². The second-order valence-electron chi connectivity index (χ2n) is 9.50. The molecule has 1 aliphatic carbocycles. The number of likely N-dealkylation sites (tertiary alicyclic amines) is 1. The number of carbonyl (C=O) groups excluding carboxylic acids is 3. The second-order valence-corrected chi connectivity index (χ2v) is 10.5. The van der Waals surface area contributed by atoms with Gasteiger partial charge in [0.15, 0.2) is 0 Å². The van der Waals surface area contributed by atoms with Crippen molar-refractivity contribution >= 4 is 35.2 Å². The molecule has 1 saturated heterocycles. The number of methoxy groups -OCH3 is 1. The number of imide groups is 1. The zero-order chi connectivity index (χ0) is 22.8. The molecule has 0 radical (unpaired) electrons. The number of rotatable bonds is 7. The van der Waals surface area contributed by atoms with Crippen molar-refractivity contribution in [2.75, 3.05) is 24.4 Å². The van der Waals surface area contributed by atoms with Gasteiger partial charge in [0.25, 0.3) is 0 Å². The highest BCUT2D eigenvalue weighted by Gasteiger charge is 2.51. The zero-order valence-electron chi connectivity index (χ0n) is 19.2. The Kier molecular flexibility index (Phi) is 7.35. The van der Waals surface area contributed by atoms with Crippen molar-refractivity contribution in [2.24, 2.45) is 11.8 Å². The summed E-state index contributed by atoms with van der Waals surface area (Å²) in [7, 11) is 1.56. The van der Waals surface area contributed by atoms with E-state index in [2.05, 4.69) is 26.1 Å². The van der Waals surface area contributed by atoms with Gasteiger partial charge in [-0.15, -0.1) is 0 Å². The van der Waals surface area contributed by atoms with E-state index in [9.17, 15) is 14.4 Å². The summed E-state index contributed by atoms with van der Waals surface area (Å²) >= 11 is 1.60. The number of hydrogen-bond donors (Lipinski definition) is 1. The van der Waals surface area contributed by atoms with Crippen LogP contribution in [-0.2, 0) is 19.8 Å². The monoisotopic (exact) mass is 446 g/mol. The summed E-state index contributed by atoms with van der Waals surface area (Å²) in [6, 6.07) is 4.93. The largest absolute Gasteiger partial charge is 0.495 e. The quantitative estimate of drug-likeness (QED) is 0.635. The summed E-state index contributed by atoms with van der Waals surface area (Å²) in [5, 5.41) is 2.96. The van der Waals surface area contributed by atoms with Gasteiger partial charge in [-0.3, -0.25) is 19.3 Å². The summed E-state index contributed by atoms with van der Waals surface area (Å²) in [4.78, 5) is 40.9. The standard InChI is InChI=1S/C24H34N2O4S/c1-24(2,3)15-10-11-20(30-4)18(14-15)25-21(27)19(12-13-31-5)26-22(28)16-8-6-7-9-17(16)23(26)29/h10-11,14,16-17,19H,6-9,12-13H2,1-5H3,(H,25,27)/t16-,17+,19-/m0/s1. The number of amides is 3. The maximum atomic E-state index is 13.4. The fraction of sp³-hybridized carbons (Fsp3) is 0.625. The molecule has 0 unspecified atom stereocenters. The number of fused-ring (bicyclic) bond motifs is 1. The van der Waals surface area contributed by atoms with Gasteiger partial charge in [0, 0.05) is 0 Å². The molecule has 3 atom stereocenters. The van der Waals surface area contributed by atoms with Crippen molar-refractivity contribution in [3.8, 4) is 5.75 Å². The molecule has 7 heteroatoms. The first kappa shape index (κ1) is 23.6. The smallest absolute Gasteiger partial charge is 0.247 e. The van der Waals surface area contributed by atoms with E-state index in [0.29, 0.717) is 23.6 Å². The predicted molar refractivity (Wildman–Crippen MR) is 124 cm³/mol. The molecule has 170 valence electrons. The predicted octanol–water partition coefficient (Wildman–Crippen LogP) is 4.23. The van der Waals surface area contributed by atoms with Crippen LogP contribution in [-0.4, -0.2) is 47.8 Å². The average Bonchev–Trinajstić information content (AvgIpc) is 2.99. The van der Waals surface area contributed by atoms with Gasteiger partial charge < -0.3 is 10.1 Å². The number of benzene rings is 1. The van der Waals surface area contributed by atoms with E-state index < -0.39 is 6.04 Å². The summed E-state index contributed by atoms with van der Waals surface area (Å²) in [6.45, 7) is 6.31. The Labute approximate surface area is 189 Å². The van der Waals surface area contributed by atoms with Crippen LogP contribution < -0.4 is 10.1 Å². The van der Waals surface area contributed by atoms with Crippen LogP contribution in [0.1, 0.15) is 58.4 Å². The molecule has 0 aromatic heterocycles. The lowest BCUT2D eigenvalue weighted by Crippen LogP contribution is -2.48. The van der Waals surface area contributed by atoms with Crippen LogP contribution in [0.4, 0.5) is 5.69 Å². The molecule has 3 amide bonds. The molecular weight excluding hydrogens is 412 g/mol. The van der Waals surface area contributed by atoms with Gasteiger partial charge >= 0.3 is 0 Å². The molecule has 0 bridgehead atoms. The van der Waals surface area contributed by atoms with Gasteiger partial charge in [-0.25, -0.2) is 0 Å². The summed E-state index contributed by atoms with van der Waals surface area (Å²) < 4.78 is 5.45. The summed E-state index contributed by atoms with van der Waals surface area (Å²) in [6.07, 6.45) is 5.80. The van der Waals surface area contributed by atoms with Gasteiger partial charge in [0.2, 0.25) is 17.7 Å². The number of ether oxygens (including phenoxy) is 1. The van der Waals surface area contributed by atoms with E-state index in [-0.39, 0.29) is 35.0 Å². The van der Waals surface area contributed by atoms with Gasteiger partial charge in [0.1, 0.15) is 11.8 Å². The third-order valence-corrected chi connectivity index (χ3v) is 7.05. The average molecular weight is 447 g/mol. The van der Waals surface area contributed by atoms with E-state index in [1.807, 2.05) is 24.5 Å². The molecule has 1 aromatic rings. The molecular formula is C24H34N2O4S. The molecule has 1 N–H and O–H groups in total. The minimum atomic E-state index is -0.805. The fourth-order valence-corrected chi connectivity index (χ4v) is 5.05.